The summed E-state index contributed by atoms with van der Waals surface area (Å²) in [6.07, 6.45) is 0.344. The molecule has 0 aliphatic rings. The van der Waals surface area contributed by atoms with E-state index in [0.29, 0.717) is 18.5 Å². The molecule has 174 valence electrons. The van der Waals surface area contributed by atoms with Crippen molar-refractivity contribution in [2.45, 2.75) is 59.2 Å². The zero-order valence-electron chi connectivity index (χ0n) is 18.8. The minimum atomic E-state index is -1.10. The lowest BCUT2D eigenvalue weighted by molar-refractivity contribution is -0.124. The minimum Gasteiger partial charge on any atom is -0.476 e. The maximum Gasteiger partial charge on any atom is 0.408 e. The highest BCUT2D eigenvalue weighted by Gasteiger charge is 2.27. The summed E-state index contributed by atoms with van der Waals surface area (Å²) in [6.45, 7) is 8.04. The summed E-state index contributed by atoms with van der Waals surface area (Å²) < 4.78 is 5.27. The molecule has 3 N–H and O–H groups in total. The highest BCUT2D eigenvalue weighted by molar-refractivity contribution is 7.11. The molecule has 0 bridgehead atoms. The van der Waals surface area contributed by atoms with E-state index in [1.54, 1.807) is 5.38 Å². The number of hydrogen-bond donors (Lipinski definition) is 3. The van der Waals surface area contributed by atoms with Crippen LogP contribution in [0.1, 0.15) is 67.6 Å². The molecule has 2 aromatic rings. The van der Waals surface area contributed by atoms with Crippen LogP contribution in [0.2, 0.25) is 0 Å². The van der Waals surface area contributed by atoms with Crippen molar-refractivity contribution in [1.82, 2.24) is 15.6 Å². The second-order valence-corrected chi connectivity index (χ2v) is 9.32. The van der Waals surface area contributed by atoms with Gasteiger partial charge in [0, 0.05) is 5.38 Å². The van der Waals surface area contributed by atoms with Crippen LogP contribution in [0.5, 0.6) is 0 Å². The molecule has 1 aromatic carbocycles. The van der Waals surface area contributed by atoms with Crippen LogP contribution in [0, 0.1) is 11.8 Å². The summed E-state index contributed by atoms with van der Waals surface area (Å²) in [7, 11) is 0. The van der Waals surface area contributed by atoms with Gasteiger partial charge in [-0.1, -0.05) is 58.0 Å². The second kappa shape index (κ2) is 12.2. The average molecular weight is 462 g/mol. The molecule has 0 aliphatic carbocycles. The van der Waals surface area contributed by atoms with Crippen molar-refractivity contribution in [2.24, 2.45) is 11.8 Å². The normalized spacial score (nSPS) is 12.9. The number of carbonyl (C=O) groups excluding carboxylic acids is 2. The van der Waals surface area contributed by atoms with E-state index in [4.69, 9.17) is 9.84 Å². The standard InChI is InChI=1S/C23H31N3O5S/c1-14(2)10-17(19-13-32-21(25-19)22(28)29)24-20(27)18(11-15(3)4)26-23(30)31-12-16-8-6-5-7-9-16/h5-9,13-15,17-18H,10-12H2,1-4H3,(H,24,27)(H,26,30)(H,28,29)/t17?,18-/m0/s1. The van der Waals surface area contributed by atoms with E-state index >= 15 is 0 Å². The Morgan fingerprint density at radius 2 is 1.69 bits per heavy atom. The molecular formula is C23H31N3O5S. The highest BCUT2D eigenvalue weighted by atomic mass is 32.1. The summed E-state index contributed by atoms with van der Waals surface area (Å²) >= 11 is 1.02. The Kier molecular flexibility index (Phi) is 9.64. The molecule has 0 saturated heterocycles. The fourth-order valence-electron chi connectivity index (χ4n) is 3.15. The van der Waals surface area contributed by atoms with Crippen LogP contribution >= 0.6 is 11.3 Å². The summed E-state index contributed by atoms with van der Waals surface area (Å²) in [6, 6.07) is 8.04. The van der Waals surface area contributed by atoms with Crippen molar-refractivity contribution in [1.29, 1.82) is 0 Å². The number of carbonyl (C=O) groups is 3. The summed E-state index contributed by atoms with van der Waals surface area (Å²) in [5.41, 5.74) is 1.35. The SMILES string of the molecule is CC(C)CC(NC(=O)[C@H](CC(C)C)NC(=O)OCc1ccccc1)c1csc(C(=O)O)n1. The maximum absolute atomic E-state index is 13.1. The lowest BCUT2D eigenvalue weighted by atomic mass is 9.99. The third-order valence-electron chi connectivity index (χ3n) is 4.61. The van der Waals surface area contributed by atoms with E-state index in [2.05, 4.69) is 15.6 Å². The van der Waals surface area contributed by atoms with Gasteiger partial charge in [0.1, 0.15) is 12.6 Å². The van der Waals surface area contributed by atoms with Gasteiger partial charge in [-0.15, -0.1) is 11.3 Å². The third kappa shape index (κ3) is 8.30. The zero-order valence-corrected chi connectivity index (χ0v) is 19.6. The number of hydrogen-bond acceptors (Lipinski definition) is 6. The van der Waals surface area contributed by atoms with E-state index in [-0.39, 0.29) is 29.4 Å². The number of carboxylic acids is 1. The molecular weight excluding hydrogens is 430 g/mol. The van der Waals surface area contributed by atoms with Crippen molar-refractivity contribution in [2.75, 3.05) is 0 Å². The van der Waals surface area contributed by atoms with Gasteiger partial charge < -0.3 is 20.5 Å². The molecule has 1 heterocycles. The quantitative estimate of drug-likeness (QED) is 0.457. The Hall–Kier alpha value is -2.94. The lowest BCUT2D eigenvalue weighted by Gasteiger charge is -2.24. The number of ether oxygens (including phenoxy) is 1. The summed E-state index contributed by atoms with van der Waals surface area (Å²) in [5.74, 6) is -1.06. The monoisotopic (exact) mass is 461 g/mol. The number of nitrogens with one attached hydrogen (secondary N) is 2. The van der Waals surface area contributed by atoms with E-state index in [0.717, 1.165) is 16.9 Å². The first-order valence-corrected chi connectivity index (χ1v) is 11.5. The van der Waals surface area contributed by atoms with E-state index in [1.165, 1.54) is 0 Å². The molecule has 0 fully saturated rings. The highest BCUT2D eigenvalue weighted by Crippen LogP contribution is 2.24. The van der Waals surface area contributed by atoms with Crippen LogP contribution in [0.4, 0.5) is 4.79 Å². The second-order valence-electron chi connectivity index (χ2n) is 8.46. The molecule has 1 aromatic heterocycles. The van der Waals surface area contributed by atoms with Crippen molar-refractivity contribution in [3.8, 4) is 0 Å². The number of amides is 2. The zero-order chi connectivity index (χ0) is 23.7. The van der Waals surface area contributed by atoms with Crippen LogP contribution in [-0.2, 0) is 16.1 Å². The first-order chi connectivity index (χ1) is 15.2. The topological polar surface area (TPSA) is 118 Å². The van der Waals surface area contributed by atoms with Gasteiger partial charge in [-0.05, 0) is 30.2 Å². The molecule has 0 spiro atoms. The van der Waals surface area contributed by atoms with Crippen LogP contribution in [-0.4, -0.2) is 34.1 Å². The predicted octanol–water partition coefficient (Wildman–Crippen LogP) is 4.39. The molecule has 2 amide bonds. The van der Waals surface area contributed by atoms with Crippen LogP contribution in [0.3, 0.4) is 0 Å². The fourth-order valence-corrected chi connectivity index (χ4v) is 3.86. The Bertz CT molecular complexity index is 898. The molecule has 0 saturated carbocycles. The number of rotatable bonds is 11. The molecule has 2 atom stereocenters. The largest absolute Gasteiger partial charge is 0.476 e. The first kappa shape index (κ1) is 25.3. The molecule has 2 rings (SSSR count). The number of nitrogens with zero attached hydrogens (tertiary/aromatic N) is 1. The molecule has 1 unspecified atom stereocenters. The Labute approximate surface area is 192 Å². The van der Waals surface area contributed by atoms with Crippen molar-refractivity contribution < 1.29 is 24.2 Å². The van der Waals surface area contributed by atoms with Gasteiger partial charge in [0.25, 0.3) is 0 Å². The number of benzene rings is 1. The third-order valence-corrected chi connectivity index (χ3v) is 5.46. The van der Waals surface area contributed by atoms with Gasteiger partial charge in [-0.2, -0.15) is 0 Å². The summed E-state index contributed by atoms with van der Waals surface area (Å²) in [4.78, 5) is 40.8. The Balaban J connectivity index is 2.07. The minimum absolute atomic E-state index is 0.0237. The fraction of sp³-hybridized carbons (Fsp3) is 0.478. The number of aromatic carboxylic acids is 1. The van der Waals surface area contributed by atoms with Gasteiger partial charge >= 0.3 is 12.1 Å². The number of thiazole rings is 1. The van der Waals surface area contributed by atoms with Gasteiger partial charge in [0.15, 0.2) is 0 Å². The number of alkyl carbamates (subject to hydrolysis) is 1. The molecule has 0 radical (unpaired) electrons. The molecule has 8 nitrogen and oxygen atoms in total. The number of carboxylic acid groups (broad SMARTS) is 1. The van der Waals surface area contributed by atoms with Crippen LogP contribution in [0.15, 0.2) is 35.7 Å². The Morgan fingerprint density at radius 3 is 2.25 bits per heavy atom. The molecule has 9 heteroatoms. The van der Waals surface area contributed by atoms with Crippen LogP contribution < -0.4 is 10.6 Å². The lowest BCUT2D eigenvalue weighted by Crippen LogP contribution is -2.48. The van der Waals surface area contributed by atoms with Gasteiger partial charge in [-0.25, -0.2) is 14.6 Å². The Morgan fingerprint density at radius 1 is 1.03 bits per heavy atom. The van der Waals surface area contributed by atoms with Crippen molar-refractivity contribution >= 4 is 29.3 Å². The van der Waals surface area contributed by atoms with Crippen LogP contribution in [0.25, 0.3) is 0 Å². The van der Waals surface area contributed by atoms with Gasteiger partial charge in [0.05, 0.1) is 11.7 Å². The van der Waals surface area contributed by atoms with Crippen molar-refractivity contribution in [3.05, 3.63) is 52.0 Å². The number of aromatic nitrogens is 1. The first-order valence-electron chi connectivity index (χ1n) is 10.6. The maximum atomic E-state index is 13.1. The molecule has 0 aliphatic heterocycles. The van der Waals surface area contributed by atoms with Crippen molar-refractivity contribution in [3.63, 3.8) is 0 Å². The smallest absolute Gasteiger partial charge is 0.408 e. The van der Waals surface area contributed by atoms with E-state index in [1.807, 2.05) is 58.0 Å². The molecule has 32 heavy (non-hydrogen) atoms. The average Bonchev–Trinajstić information content (AvgIpc) is 3.22. The van der Waals surface area contributed by atoms with E-state index < -0.39 is 24.1 Å². The predicted molar refractivity (Wildman–Crippen MR) is 122 cm³/mol. The van der Waals surface area contributed by atoms with Gasteiger partial charge in [0.2, 0.25) is 10.9 Å². The van der Waals surface area contributed by atoms with E-state index in [9.17, 15) is 14.4 Å². The summed E-state index contributed by atoms with van der Waals surface area (Å²) in [5, 5.41) is 16.4. The van der Waals surface area contributed by atoms with Gasteiger partial charge in [-0.3, -0.25) is 4.79 Å².